The van der Waals surface area contributed by atoms with E-state index in [-0.39, 0.29) is 5.91 Å². The number of piperazine rings is 1. The second kappa shape index (κ2) is 10.6. The Morgan fingerprint density at radius 1 is 1.12 bits per heavy atom. The first-order valence-electron chi connectivity index (χ1n) is 10.3. The van der Waals surface area contributed by atoms with Gasteiger partial charge < -0.3 is 19.7 Å². The molecule has 3 aromatic rings. The van der Waals surface area contributed by atoms with Gasteiger partial charge in [0.15, 0.2) is 5.82 Å². The summed E-state index contributed by atoms with van der Waals surface area (Å²) in [6.45, 7) is 3.31. The Morgan fingerprint density at radius 2 is 1.94 bits per heavy atom. The lowest BCUT2D eigenvalue weighted by Gasteiger charge is -2.36. The SMILES string of the molecule is CO[B]N1CCN(c2ccncc2NC(=O)c2ccnc(-c3ccccc3SC)n2)CC1. The van der Waals surface area contributed by atoms with E-state index >= 15 is 0 Å². The maximum absolute atomic E-state index is 13.0. The fraction of sp³-hybridized carbons (Fsp3) is 0.273. The van der Waals surface area contributed by atoms with Gasteiger partial charge >= 0.3 is 7.62 Å². The van der Waals surface area contributed by atoms with E-state index < -0.39 is 0 Å². The van der Waals surface area contributed by atoms with Crippen LogP contribution >= 0.6 is 11.8 Å². The summed E-state index contributed by atoms with van der Waals surface area (Å²) in [5.74, 6) is 0.232. The van der Waals surface area contributed by atoms with E-state index in [1.165, 1.54) is 0 Å². The first-order valence-corrected chi connectivity index (χ1v) is 11.5. The van der Waals surface area contributed by atoms with Gasteiger partial charge in [-0.2, -0.15) is 0 Å². The number of rotatable bonds is 7. The van der Waals surface area contributed by atoms with Crippen molar-refractivity contribution < 1.29 is 9.45 Å². The van der Waals surface area contributed by atoms with Crippen molar-refractivity contribution in [1.29, 1.82) is 0 Å². The third-order valence-electron chi connectivity index (χ3n) is 5.19. The third-order valence-corrected chi connectivity index (χ3v) is 5.99. The van der Waals surface area contributed by atoms with Crippen molar-refractivity contribution in [2.24, 2.45) is 0 Å². The number of pyridine rings is 1. The molecule has 0 spiro atoms. The molecule has 8 nitrogen and oxygen atoms in total. The number of hydrogen-bond donors (Lipinski definition) is 1. The lowest BCUT2D eigenvalue weighted by Crippen LogP contribution is -2.48. The fourth-order valence-electron chi connectivity index (χ4n) is 3.61. The van der Waals surface area contributed by atoms with Crippen LogP contribution < -0.4 is 10.2 Å². The number of benzene rings is 1. The van der Waals surface area contributed by atoms with Crippen LogP contribution in [-0.2, 0) is 4.65 Å². The summed E-state index contributed by atoms with van der Waals surface area (Å²) in [5.41, 5.74) is 2.81. The van der Waals surface area contributed by atoms with Crippen LogP contribution in [0.3, 0.4) is 0 Å². The fourth-order valence-corrected chi connectivity index (χ4v) is 4.20. The Hall–Kier alpha value is -2.95. The molecule has 1 radical (unpaired) electrons. The van der Waals surface area contributed by atoms with Crippen LogP contribution in [0.4, 0.5) is 11.4 Å². The molecule has 3 heterocycles. The molecule has 1 fully saturated rings. The summed E-state index contributed by atoms with van der Waals surface area (Å²) in [4.78, 5) is 31.6. The standard InChI is InChI=1S/C22H24BN6O2S/c1-31-23-29-13-11-28(12-14-29)19-8-9-24-15-18(19)27-22(30)17-7-10-25-21(26-17)16-5-3-4-6-20(16)32-2/h3-10,15H,11-14H2,1-2H3,(H,27,30). The molecule has 1 aliphatic rings. The number of carbonyl (C=O) groups excluding carboxylic acids is 1. The molecular weight excluding hydrogens is 423 g/mol. The van der Waals surface area contributed by atoms with E-state index in [0.717, 1.165) is 42.3 Å². The first-order chi connectivity index (χ1) is 15.7. The Kier molecular flexibility index (Phi) is 7.36. The van der Waals surface area contributed by atoms with Crippen molar-refractivity contribution in [3.05, 3.63) is 60.7 Å². The van der Waals surface area contributed by atoms with Gasteiger partial charge in [-0.1, -0.05) is 18.2 Å². The zero-order valence-corrected chi connectivity index (χ0v) is 18.9. The van der Waals surface area contributed by atoms with E-state index in [9.17, 15) is 4.79 Å². The molecule has 0 bridgehead atoms. The van der Waals surface area contributed by atoms with Crippen molar-refractivity contribution in [2.75, 3.05) is 49.8 Å². The molecule has 163 valence electrons. The quantitative estimate of drug-likeness (QED) is 0.438. The van der Waals surface area contributed by atoms with E-state index in [1.54, 1.807) is 51.1 Å². The van der Waals surface area contributed by atoms with Gasteiger partial charge in [-0.05, 0) is 24.5 Å². The van der Waals surface area contributed by atoms with Gasteiger partial charge in [-0.15, -0.1) is 11.8 Å². The van der Waals surface area contributed by atoms with E-state index in [1.807, 2.05) is 36.6 Å². The topological polar surface area (TPSA) is 83.5 Å². The average molecular weight is 447 g/mol. The van der Waals surface area contributed by atoms with Crippen molar-refractivity contribution in [1.82, 2.24) is 19.8 Å². The van der Waals surface area contributed by atoms with Gasteiger partial charge in [-0.3, -0.25) is 9.78 Å². The summed E-state index contributed by atoms with van der Waals surface area (Å²) < 4.78 is 5.11. The van der Waals surface area contributed by atoms with E-state index in [4.69, 9.17) is 4.65 Å². The molecule has 1 aliphatic heterocycles. The summed E-state index contributed by atoms with van der Waals surface area (Å²) in [6, 6.07) is 11.4. The molecule has 0 saturated carbocycles. The second-order valence-electron chi connectivity index (χ2n) is 7.18. The van der Waals surface area contributed by atoms with Crippen molar-refractivity contribution in [3.63, 3.8) is 0 Å². The molecule has 10 heteroatoms. The van der Waals surface area contributed by atoms with Crippen LogP contribution in [0.2, 0.25) is 0 Å². The number of anilines is 2. The Bertz CT molecular complexity index is 1080. The summed E-state index contributed by atoms with van der Waals surface area (Å²) in [6.07, 6.45) is 7.03. The number of thioether (sulfide) groups is 1. The minimum Gasteiger partial charge on any atom is -0.427 e. The molecular formula is C22H24BN6O2S. The number of aromatic nitrogens is 3. The molecule has 1 amide bonds. The van der Waals surface area contributed by atoms with E-state index in [2.05, 4.69) is 30.0 Å². The average Bonchev–Trinajstić information content (AvgIpc) is 2.85. The predicted molar refractivity (Wildman–Crippen MR) is 128 cm³/mol. The van der Waals surface area contributed by atoms with Gasteiger partial charge in [0.2, 0.25) is 0 Å². The smallest absolute Gasteiger partial charge is 0.398 e. The van der Waals surface area contributed by atoms with Gasteiger partial charge in [0.1, 0.15) is 5.69 Å². The second-order valence-corrected chi connectivity index (χ2v) is 8.02. The zero-order valence-electron chi connectivity index (χ0n) is 18.1. The van der Waals surface area contributed by atoms with Crippen LogP contribution in [0.15, 0.2) is 59.9 Å². The highest BCUT2D eigenvalue weighted by molar-refractivity contribution is 7.98. The largest absolute Gasteiger partial charge is 0.427 e. The minimum absolute atomic E-state index is 0.295. The Morgan fingerprint density at radius 3 is 2.72 bits per heavy atom. The Balaban J connectivity index is 1.52. The van der Waals surface area contributed by atoms with Gasteiger partial charge in [-0.25, -0.2) is 9.97 Å². The molecule has 4 rings (SSSR count). The maximum atomic E-state index is 13.0. The molecule has 0 atom stereocenters. The zero-order chi connectivity index (χ0) is 22.3. The molecule has 1 N–H and O–H groups in total. The summed E-state index contributed by atoms with van der Waals surface area (Å²) in [7, 11) is 3.40. The normalized spacial score (nSPS) is 14.2. The van der Waals surface area contributed by atoms with Gasteiger partial charge in [0, 0.05) is 56.1 Å². The van der Waals surface area contributed by atoms with Crippen molar-refractivity contribution in [2.45, 2.75) is 4.90 Å². The lowest BCUT2D eigenvalue weighted by atomic mass is 10.1. The van der Waals surface area contributed by atoms with Crippen LogP contribution in [0.1, 0.15) is 10.5 Å². The number of nitrogens with zero attached hydrogens (tertiary/aromatic N) is 5. The molecule has 2 aromatic heterocycles. The highest BCUT2D eigenvalue weighted by Crippen LogP contribution is 2.28. The third kappa shape index (κ3) is 5.09. The van der Waals surface area contributed by atoms with Crippen molar-refractivity contribution >= 4 is 36.7 Å². The number of hydrogen-bond acceptors (Lipinski definition) is 8. The highest BCUT2D eigenvalue weighted by atomic mass is 32.2. The van der Waals surface area contributed by atoms with Gasteiger partial charge in [0.05, 0.1) is 17.6 Å². The maximum Gasteiger partial charge on any atom is 0.398 e. The summed E-state index contributed by atoms with van der Waals surface area (Å²) in [5, 5.41) is 2.98. The number of amides is 1. The summed E-state index contributed by atoms with van der Waals surface area (Å²) >= 11 is 1.62. The predicted octanol–water partition coefficient (Wildman–Crippen LogP) is 2.82. The lowest BCUT2D eigenvalue weighted by molar-refractivity contribution is 0.102. The van der Waals surface area contributed by atoms with Crippen LogP contribution in [0.5, 0.6) is 0 Å². The Labute approximate surface area is 192 Å². The van der Waals surface area contributed by atoms with Crippen LogP contribution in [0, 0.1) is 0 Å². The number of nitrogens with one attached hydrogen (secondary N) is 1. The molecule has 0 unspecified atom stereocenters. The monoisotopic (exact) mass is 447 g/mol. The molecule has 32 heavy (non-hydrogen) atoms. The molecule has 1 aromatic carbocycles. The van der Waals surface area contributed by atoms with Gasteiger partial charge in [0.25, 0.3) is 5.91 Å². The van der Waals surface area contributed by atoms with Crippen LogP contribution in [-0.4, -0.2) is 72.8 Å². The van der Waals surface area contributed by atoms with E-state index in [0.29, 0.717) is 17.2 Å². The molecule has 1 saturated heterocycles. The van der Waals surface area contributed by atoms with Crippen LogP contribution in [0.25, 0.3) is 11.4 Å². The molecule has 0 aliphatic carbocycles. The number of carbonyl (C=O) groups is 1. The highest BCUT2D eigenvalue weighted by Gasteiger charge is 2.21. The minimum atomic E-state index is -0.295. The van der Waals surface area contributed by atoms with Crippen molar-refractivity contribution in [3.8, 4) is 11.4 Å². The first kappa shape index (κ1) is 22.3.